The number of nitrogens with zero attached hydrogens (tertiary/aromatic N) is 3. The highest BCUT2D eigenvalue weighted by Gasteiger charge is 2.43. The molecule has 3 heterocycles. The molecule has 3 N–H and O–H groups in total. The molecule has 0 saturated carbocycles. The monoisotopic (exact) mass is 550 g/mol. The van der Waals surface area contributed by atoms with E-state index in [1.807, 2.05) is 19.9 Å². The van der Waals surface area contributed by atoms with E-state index in [1.165, 1.54) is 11.3 Å². The largest absolute Gasteiger partial charge is 0.492 e. The summed E-state index contributed by atoms with van der Waals surface area (Å²) in [5.41, 5.74) is -2.22. The van der Waals surface area contributed by atoms with E-state index < -0.39 is 23.3 Å². The number of halogens is 3. The van der Waals surface area contributed by atoms with Gasteiger partial charge < -0.3 is 20.7 Å². The third kappa shape index (κ3) is 6.16. The Balaban J connectivity index is 1.53. The van der Waals surface area contributed by atoms with Gasteiger partial charge in [0.15, 0.2) is 0 Å². The Hall–Kier alpha value is -3.45. The molecule has 0 bridgehead atoms. The van der Waals surface area contributed by atoms with E-state index >= 15 is 0 Å². The molecule has 2 aromatic heterocycles. The van der Waals surface area contributed by atoms with Crippen LogP contribution >= 0.6 is 11.3 Å². The second-order valence-electron chi connectivity index (χ2n) is 9.66. The lowest BCUT2D eigenvalue weighted by Gasteiger charge is -2.16. The Morgan fingerprint density at radius 1 is 1.18 bits per heavy atom. The quantitative estimate of drug-likeness (QED) is 0.252. The molecular formula is C25H29F3N6O3S. The first-order valence-electron chi connectivity index (χ1n) is 12.1. The molecule has 4 rings (SSSR count). The van der Waals surface area contributed by atoms with E-state index in [9.17, 15) is 22.8 Å². The fourth-order valence-corrected chi connectivity index (χ4v) is 4.95. The van der Waals surface area contributed by atoms with Crippen molar-refractivity contribution in [3.05, 3.63) is 36.0 Å². The topological polar surface area (TPSA) is 108 Å². The normalized spacial score (nSPS) is 15.4. The molecule has 3 aromatic rings. The van der Waals surface area contributed by atoms with E-state index in [2.05, 4.69) is 25.9 Å². The van der Waals surface area contributed by atoms with Crippen LogP contribution in [0.5, 0.6) is 5.75 Å². The number of hydrogen-bond donors (Lipinski definition) is 3. The summed E-state index contributed by atoms with van der Waals surface area (Å²) < 4.78 is 48.0. The van der Waals surface area contributed by atoms with E-state index in [0.717, 1.165) is 21.2 Å². The molecule has 204 valence electrons. The summed E-state index contributed by atoms with van der Waals surface area (Å²) in [4.78, 5) is 33.7. The van der Waals surface area contributed by atoms with Gasteiger partial charge in [-0.25, -0.2) is 14.8 Å². The number of thiophene rings is 1. The van der Waals surface area contributed by atoms with Crippen LogP contribution in [-0.2, 0) is 11.0 Å². The van der Waals surface area contributed by atoms with Crippen LogP contribution in [0.3, 0.4) is 0 Å². The maximum absolute atomic E-state index is 13.8. The van der Waals surface area contributed by atoms with Gasteiger partial charge in [-0.05, 0) is 43.5 Å². The minimum Gasteiger partial charge on any atom is -0.492 e. The number of imide groups is 1. The standard InChI is InChI=1S/C25H29F3N6O3S/c1-14(2)29-8-10-37-16-5-6-18-15(11-16)12-19(38-18)20-17(25(26,27)28)13-31-22(32-20)30-7-9-34-21(35)24(3,4)33-23(34)36/h5-6,11-14,29H,7-10H2,1-4H3,(H,33,36)(H,30,31,32). The minimum atomic E-state index is -4.66. The average Bonchev–Trinajstić information content (AvgIpc) is 3.34. The zero-order chi connectivity index (χ0) is 27.7. The van der Waals surface area contributed by atoms with Gasteiger partial charge in [0.2, 0.25) is 5.95 Å². The fraction of sp³-hybridized carbons (Fsp3) is 0.440. The number of hydrogen-bond acceptors (Lipinski definition) is 8. The molecule has 9 nitrogen and oxygen atoms in total. The van der Waals surface area contributed by atoms with Crippen LogP contribution in [0.1, 0.15) is 33.3 Å². The summed E-state index contributed by atoms with van der Waals surface area (Å²) in [7, 11) is 0. The Morgan fingerprint density at radius 3 is 2.61 bits per heavy atom. The molecule has 38 heavy (non-hydrogen) atoms. The predicted octanol–water partition coefficient (Wildman–Crippen LogP) is 4.50. The number of aromatic nitrogens is 2. The second-order valence-corrected chi connectivity index (χ2v) is 10.7. The third-order valence-corrected chi connectivity index (χ3v) is 6.92. The van der Waals surface area contributed by atoms with Crippen molar-refractivity contribution in [3.8, 4) is 16.3 Å². The number of carbonyl (C=O) groups is 2. The van der Waals surface area contributed by atoms with Crippen LogP contribution in [0.4, 0.5) is 23.9 Å². The van der Waals surface area contributed by atoms with Crippen LogP contribution in [0.25, 0.3) is 20.7 Å². The number of rotatable bonds is 10. The lowest BCUT2D eigenvalue weighted by Crippen LogP contribution is -2.40. The van der Waals surface area contributed by atoms with Crippen LogP contribution in [0.15, 0.2) is 30.5 Å². The Morgan fingerprint density at radius 2 is 1.95 bits per heavy atom. The van der Waals surface area contributed by atoms with Gasteiger partial charge in [0, 0.05) is 36.6 Å². The van der Waals surface area contributed by atoms with Crippen molar-refractivity contribution in [2.75, 3.05) is 31.6 Å². The summed E-state index contributed by atoms with van der Waals surface area (Å²) in [6, 6.07) is 6.84. The fourth-order valence-electron chi connectivity index (χ4n) is 3.91. The molecule has 0 aliphatic carbocycles. The van der Waals surface area contributed by atoms with Gasteiger partial charge in [-0.1, -0.05) is 13.8 Å². The molecule has 0 atom stereocenters. The molecule has 1 fully saturated rings. The van der Waals surface area contributed by atoms with Crippen molar-refractivity contribution in [1.29, 1.82) is 0 Å². The highest BCUT2D eigenvalue weighted by atomic mass is 32.1. The van der Waals surface area contributed by atoms with Crippen molar-refractivity contribution in [1.82, 2.24) is 25.5 Å². The second kappa shape index (κ2) is 10.7. The number of anilines is 1. The van der Waals surface area contributed by atoms with Gasteiger partial charge in [0.1, 0.15) is 23.5 Å². The SMILES string of the molecule is CC(C)NCCOc1ccc2sc(-c3nc(NCCN4C(=O)NC(C)(C)C4=O)ncc3C(F)(F)F)cc2c1. The zero-order valence-corrected chi connectivity index (χ0v) is 22.2. The average molecular weight is 551 g/mol. The van der Waals surface area contributed by atoms with E-state index in [-0.39, 0.29) is 30.6 Å². The number of amides is 3. The Labute approximate surface area is 221 Å². The van der Waals surface area contributed by atoms with Crippen LogP contribution in [0, 0.1) is 0 Å². The molecule has 1 aliphatic rings. The molecular weight excluding hydrogens is 521 g/mol. The van der Waals surface area contributed by atoms with Crippen LogP contribution in [0.2, 0.25) is 0 Å². The number of nitrogens with one attached hydrogen (secondary N) is 3. The Kier molecular flexibility index (Phi) is 7.79. The first-order valence-corrected chi connectivity index (χ1v) is 12.9. The first kappa shape index (κ1) is 27.6. The molecule has 0 spiro atoms. The number of ether oxygens (including phenoxy) is 1. The summed E-state index contributed by atoms with van der Waals surface area (Å²) in [6.07, 6.45) is -3.92. The minimum absolute atomic E-state index is 0.00612. The first-order chi connectivity index (χ1) is 17.8. The highest BCUT2D eigenvalue weighted by Crippen LogP contribution is 2.41. The zero-order valence-electron chi connectivity index (χ0n) is 21.4. The van der Waals surface area contributed by atoms with Crippen LogP contribution in [-0.4, -0.2) is 64.6 Å². The van der Waals surface area contributed by atoms with Gasteiger partial charge in [0.25, 0.3) is 5.91 Å². The summed E-state index contributed by atoms with van der Waals surface area (Å²) in [5, 5.41) is 9.39. The summed E-state index contributed by atoms with van der Waals surface area (Å²) in [6.45, 7) is 8.47. The number of fused-ring (bicyclic) bond motifs is 1. The van der Waals surface area contributed by atoms with Crippen LogP contribution < -0.4 is 20.7 Å². The number of alkyl halides is 3. The van der Waals surface area contributed by atoms with Crippen molar-refractivity contribution in [3.63, 3.8) is 0 Å². The number of carbonyl (C=O) groups excluding carboxylic acids is 2. The van der Waals surface area contributed by atoms with Gasteiger partial charge in [0.05, 0.1) is 10.6 Å². The molecule has 0 radical (unpaired) electrons. The summed E-state index contributed by atoms with van der Waals surface area (Å²) in [5.74, 6) is 0.193. The number of urea groups is 1. The van der Waals surface area contributed by atoms with Gasteiger partial charge in [-0.15, -0.1) is 11.3 Å². The van der Waals surface area contributed by atoms with Crippen molar-refractivity contribution < 1.29 is 27.5 Å². The van der Waals surface area contributed by atoms with E-state index in [1.54, 1.807) is 32.0 Å². The van der Waals surface area contributed by atoms with Crippen molar-refractivity contribution >= 4 is 39.3 Å². The Bertz CT molecular complexity index is 1340. The van der Waals surface area contributed by atoms with Gasteiger partial charge >= 0.3 is 12.2 Å². The van der Waals surface area contributed by atoms with E-state index in [4.69, 9.17) is 4.74 Å². The smallest absolute Gasteiger partial charge is 0.420 e. The van der Waals surface area contributed by atoms with Gasteiger partial charge in [-0.3, -0.25) is 9.69 Å². The highest BCUT2D eigenvalue weighted by molar-refractivity contribution is 7.22. The molecule has 3 amide bonds. The number of benzene rings is 1. The molecule has 13 heteroatoms. The van der Waals surface area contributed by atoms with Crippen molar-refractivity contribution in [2.45, 2.75) is 45.5 Å². The van der Waals surface area contributed by atoms with E-state index in [0.29, 0.717) is 29.8 Å². The van der Waals surface area contributed by atoms with Crippen molar-refractivity contribution in [2.24, 2.45) is 0 Å². The molecule has 1 aromatic carbocycles. The third-order valence-electron chi connectivity index (χ3n) is 5.80. The van der Waals surface area contributed by atoms with Gasteiger partial charge in [-0.2, -0.15) is 13.2 Å². The maximum Gasteiger partial charge on any atom is 0.420 e. The molecule has 1 aliphatic heterocycles. The maximum atomic E-state index is 13.8. The lowest BCUT2D eigenvalue weighted by molar-refractivity contribution is -0.137. The summed E-state index contributed by atoms with van der Waals surface area (Å²) >= 11 is 1.18. The predicted molar refractivity (Wildman–Crippen MR) is 139 cm³/mol. The molecule has 0 unspecified atom stereocenters. The molecule has 1 saturated heterocycles. The lowest BCUT2D eigenvalue weighted by atomic mass is 10.1.